The van der Waals surface area contributed by atoms with Crippen LogP contribution in [-0.4, -0.2) is 26.4 Å². The maximum absolute atomic E-state index is 9.41. The van der Waals surface area contributed by atoms with Crippen LogP contribution in [0, 0.1) is 11.3 Å². The van der Waals surface area contributed by atoms with Crippen molar-refractivity contribution in [2.24, 2.45) is 0 Å². The summed E-state index contributed by atoms with van der Waals surface area (Å²) in [6, 6.07) is 20.8. The molecule has 0 amide bonds. The summed E-state index contributed by atoms with van der Waals surface area (Å²) in [5, 5.41) is 19.9. The Bertz CT molecular complexity index is 1220. The fourth-order valence-electron chi connectivity index (χ4n) is 2.89. The first-order valence-corrected chi connectivity index (χ1v) is 10.4. The molecule has 0 spiro atoms. The van der Waals surface area contributed by atoms with Crippen LogP contribution in [0.25, 0.3) is 17.1 Å². The number of benzene rings is 2. The van der Waals surface area contributed by atoms with E-state index in [0.29, 0.717) is 33.2 Å². The smallest absolute Gasteiger partial charge is 0.202 e. The van der Waals surface area contributed by atoms with E-state index in [-0.39, 0.29) is 0 Å². The highest BCUT2D eigenvalue weighted by Crippen LogP contribution is 2.35. The molecule has 0 N–H and O–H groups in total. The molecule has 0 aliphatic heterocycles. The molecule has 2 heterocycles. The Labute approximate surface area is 183 Å². The Hall–Kier alpha value is -3.34. The highest BCUT2D eigenvalue weighted by atomic mass is 35.5. The lowest BCUT2D eigenvalue weighted by atomic mass is 10.2. The molecule has 0 bridgehead atoms. The number of ether oxygens (including phenoxy) is 1. The van der Waals surface area contributed by atoms with Gasteiger partial charge in [-0.05, 0) is 67.2 Å². The van der Waals surface area contributed by atoms with Gasteiger partial charge in [0.15, 0.2) is 5.82 Å². The van der Waals surface area contributed by atoms with Crippen molar-refractivity contribution in [1.29, 1.82) is 5.26 Å². The van der Waals surface area contributed by atoms with E-state index in [0.717, 1.165) is 17.0 Å². The van der Waals surface area contributed by atoms with E-state index in [4.69, 9.17) is 16.3 Å². The van der Waals surface area contributed by atoms with Crippen molar-refractivity contribution in [1.82, 2.24) is 19.7 Å². The first-order valence-electron chi connectivity index (χ1n) is 9.17. The summed E-state index contributed by atoms with van der Waals surface area (Å²) in [7, 11) is 0. The number of rotatable bonds is 6. The van der Waals surface area contributed by atoms with Crippen molar-refractivity contribution in [3.8, 4) is 28.9 Å². The molecule has 2 aromatic heterocycles. The van der Waals surface area contributed by atoms with Crippen LogP contribution in [0.2, 0.25) is 5.02 Å². The highest BCUT2D eigenvalue weighted by molar-refractivity contribution is 7.99. The van der Waals surface area contributed by atoms with Crippen molar-refractivity contribution < 1.29 is 4.74 Å². The number of nitrogens with zero attached hydrogens (tertiary/aromatic N) is 5. The summed E-state index contributed by atoms with van der Waals surface area (Å²) < 4.78 is 7.46. The molecule has 4 rings (SSSR count). The van der Waals surface area contributed by atoms with E-state index < -0.39 is 0 Å². The summed E-state index contributed by atoms with van der Waals surface area (Å²) in [5.74, 6) is 1.38. The molecule has 4 aromatic rings. The Morgan fingerprint density at radius 2 is 1.87 bits per heavy atom. The predicted octanol–water partition coefficient (Wildman–Crippen LogP) is 5.40. The molecule has 148 valence electrons. The predicted molar refractivity (Wildman–Crippen MR) is 116 cm³/mol. The fraction of sp³-hybridized carbons (Fsp3) is 0.0909. The number of aromatic nitrogens is 4. The van der Waals surface area contributed by atoms with Gasteiger partial charge in [-0.1, -0.05) is 23.7 Å². The number of pyridine rings is 1. The van der Waals surface area contributed by atoms with Crippen LogP contribution in [0.3, 0.4) is 0 Å². The van der Waals surface area contributed by atoms with E-state index in [1.807, 2.05) is 60.0 Å². The van der Waals surface area contributed by atoms with Gasteiger partial charge in [0, 0.05) is 11.8 Å². The van der Waals surface area contributed by atoms with Crippen LogP contribution < -0.4 is 4.74 Å². The lowest BCUT2D eigenvalue weighted by Gasteiger charge is -2.12. The van der Waals surface area contributed by atoms with Gasteiger partial charge in [0.25, 0.3) is 0 Å². The van der Waals surface area contributed by atoms with Gasteiger partial charge >= 0.3 is 0 Å². The van der Waals surface area contributed by atoms with E-state index in [1.54, 1.807) is 18.3 Å². The Balaban J connectivity index is 1.85. The molecule has 6 nitrogen and oxygen atoms in total. The maximum Gasteiger partial charge on any atom is 0.202 e. The van der Waals surface area contributed by atoms with Crippen LogP contribution >= 0.6 is 23.4 Å². The van der Waals surface area contributed by atoms with Crippen LogP contribution in [-0.2, 0) is 0 Å². The second-order valence-corrected chi connectivity index (χ2v) is 7.48. The zero-order chi connectivity index (χ0) is 20.9. The Morgan fingerprint density at radius 3 is 2.60 bits per heavy atom. The summed E-state index contributed by atoms with van der Waals surface area (Å²) >= 11 is 7.72. The third-order valence-electron chi connectivity index (χ3n) is 4.23. The maximum atomic E-state index is 9.41. The first-order chi connectivity index (χ1) is 14.7. The minimum absolute atomic E-state index is 0.475. The van der Waals surface area contributed by atoms with Crippen LogP contribution in [0.15, 0.2) is 77.0 Å². The van der Waals surface area contributed by atoms with E-state index in [2.05, 4.69) is 21.3 Å². The monoisotopic (exact) mass is 433 g/mol. The molecular weight excluding hydrogens is 418 g/mol. The Morgan fingerprint density at radius 1 is 1.07 bits per heavy atom. The summed E-state index contributed by atoms with van der Waals surface area (Å²) in [4.78, 5) is 4.33. The molecule has 0 radical (unpaired) electrons. The standard InChI is InChI=1S/C22H16ClN5OS/c1-2-29-17-11-9-16(10-12-17)28-20(18-7-3-4-8-19(18)23)26-27-22(28)30-21-15(14-24)6-5-13-25-21/h3-13H,2H2,1H3. The zero-order valence-corrected chi connectivity index (χ0v) is 17.6. The van der Waals surface area contributed by atoms with Gasteiger partial charge in [-0.25, -0.2) is 4.98 Å². The zero-order valence-electron chi connectivity index (χ0n) is 16.0. The van der Waals surface area contributed by atoms with E-state index in [9.17, 15) is 5.26 Å². The van der Waals surface area contributed by atoms with Gasteiger partial charge in [0.05, 0.1) is 22.9 Å². The largest absolute Gasteiger partial charge is 0.494 e. The highest BCUT2D eigenvalue weighted by Gasteiger charge is 2.20. The molecule has 8 heteroatoms. The van der Waals surface area contributed by atoms with Crippen molar-refractivity contribution in [3.05, 3.63) is 77.4 Å². The number of hydrogen-bond donors (Lipinski definition) is 0. The van der Waals surface area contributed by atoms with E-state index in [1.165, 1.54) is 11.8 Å². The van der Waals surface area contributed by atoms with Gasteiger partial charge in [-0.3, -0.25) is 4.57 Å². The number of halogens is 1. The minimum atomic E-state index is 0.475. The minimum Gasteiger partial charge on any atom is -0.494 e. The molecule has 0 aliphatic rings. The molecule has 0 saturated carbocycles. The molecular formula is C22H16ClN5OS. The third-order valence-corrected chi connectivity index (χ3v) is 5.53. The van der Waals surface area contributed by atoms with Crippen LogP contribution in [0.5, 0.6) is 5.75 Å². The Kier molecular flexibility index (Phi) is 5.98. The molecule has 2 aromatic carbocycles. The van der Waals surface area contributed by atoms with Gasteiger partial charge in [-0.15, -0.1) is 10.2 Å². The van der Waals surface area contributed by atoms with Crippen LogP contribution in [0.4, 0.5) is 0 Å². The number of hydrogen-bond acceptors (Lipinski definition) is 6. The number of nitriles is 1. The van der Waals surface area contributed by atoms with Crippen LogP contribution in [0.1, 0.15) is 12.5 Å². The first kappa shape index (κ1) is 20.0. The molecule has 0 fully saturated rings. The van der Waals surface area contributed by atoms with Gasteiger partial charge in [0.2, 0.25) is 5.16 Å². The second-order valence-electron chi connectivity index (χ2n) is 6.12. The topological polar surface area (TPSA) is 76.6 Å². The van der Waals surface area contributed by atoms with Gasteiger partial charge < -0.3 is 4.74 Å². The summed E-state index contributed by atoms with van der Waals surface area (Å²) in [6.45, 7) is 2.53. The van der Waals surface area contributed by atoms with Crippen molar-refractivity contribution in [2.75, 3.05) is 6.61 Å². The fourth-order valence-corrected chi connectivity index (χ4v) is 3.98. The lowest BCUT2D eigenvalue weighted by Crippen LogP contribution is -2.01. The van der Waals surface area contributed by atoms with Crippen molar-refractivity contribution in [3.63, 3.8) is 0 Å². The molecule has 30 heavy (non-hydrogen) atoms. The molecule has 0 atom stereocenters. The lowest BCUT2D eigenvalue weighted by molar-refractivity contribution is 0.340. The average Bonchev–Trinajstić information content (AvgIpc) is 3.18. The molecule has 0 saturated heterocycles. The molecule has 0 aliphatic carbocycles. The van der Waals surface area contributed by atoms with Gasteiger partial charge in [-0.2, -0.15) is 5.26 Å². The van der Waals surface area contributed by atoms with Gasteiger partial charge in [0.1, 0.15) is 16.8 Å². The normalized spacial score (nSPS) is 10.6. The van der Waals surface area contributed by atoms with Crippen molar-refractivity contribution >= 4 is 23.4 Å². The SMILES string of the molecule is CCOc1ccc(-n2c(Sc3ncccc3C#N)nnc2-c2ccccc2Cl)cc1. The van der Waals surface area contributed by atoms with Crippen molar-refractivity contribution in [2.45, 2.75) is 17.1 Å². The third kappa shape index (κ3) is 4.01. The van der Waals surface area contributed by atoms with E-state index >= 15 is 0 Å². The quantitative estimate of drug-likeness (QED) is 0.405. The molecule has 0 unspecified atom stereocenters. The average molecular weight is 434 g/mol. The summed E-state index contributed by atoms with van der Waals surface area (Å²) in [5.41, 5.74) is 2.08. The second kappa shape index (κ2) is 8.99. The summed E-state index contributed by atoms with van der Waals surface area (Å²) in [6.07, 6.45) is 1.65.